The van der Waals surface area contributed by atoms with Crippen molar-refractivity contribution in [2.45, 2.75) is 0 Å². The molecule has 4 nitrogen and oxygen atoms in total. The van der Waals surface area contributed by atoms with E-state index in [0.29, 0.717) is 16.3 Å². The Morgan fingerprint density at radius 2 is 1.90 bits per heavy atom. The van der Waals surface area contributed by atoms with Crippen molar-refractivity contribution in [3.05, 3.63) is 71.4 Å². The van der Waals surface area contributed by atoms with Crippen LogP contribution in [0.5, 0.6) is 0 Å². The maximum absolute atomic E-state index is 8.83. The number of oxime groups is 1. The Labute approximate surface area is 126 Å². The summed E-state index contributed by atoms with van der Waals surface area (Å²) in [6, 6.07) is 17.1. The molecule has 21 heavy (non-hydrogen) atoms. The Balaban J connectivity index is 2.14. The number of nitrogens with zero attached hydrogens (tertiary/aromatic N) is 3. The van der Waals surface area contributed by atoms with Crippen LogP contribution in [0.3, 0.4) is 0 Å². The lowest BCUT2D eigenvalue weighted by atomic mass is 10.1. The number of para-hydroxylation sites is 1. The monoisotopic (exact) mass is 297 g/mol. The Kier molecular flexibility index (Phi) is 3.71. The number of hydrogen-bond acceptors (Lipinski definition) is 3. The van der Waals surface area contributed by atoms with Crippen LogP contribution in [0.1, 0.15) is 5.56 Å². The Morgan fingerprint density at radius 1 is 1.10 bits per heavy atom. The van der Waals surface area contributed by atoms with Gasteiger partial charge in [0, 0.05) is 22.3 Å². The van der Waals surface area contributed by atoms with Crippen molar-refractivity contribution in [1.29, 1.82) is 0 Å². The second kappa shape index (κ2) is 5.81. The van der Waals surface area contributed by atoms with Crippen LogP contribution < -0.4 is 0 Å². The molecule has 0 radical (unpaired) electrons. The highest BCUT2D eigenvalue weighted by Crippen LogP contribution is 2.25. The maximum Gasteiger partial charge on any atom is 0.102 e. The largest absolute Gasteiger partial charge is 0.411 e. The maximum atomic E-state index is 8.83. The van der Waals surface area contributed by atoms with E-state index in [1.54, 1.807) is 10.7 Å². The van der Waals surface area contributed by atoms with Gasteiger partial charge in [0.15, 0.2) is 0 Å². The topological polar surface area (TPSA) is 50.4 Å². The molecule has 2 aromatic carbocycles. The standard InChI is InChI=1S/C16H12ClN3O/c17-14-6-4-5-12(9-14)16-13(10-18-21)11-20(19-16)15-7-2-1-3-8-15/h1-11,21H. The van der Waals surface area contributed by atoms with Gasteiger partial charge in [-0.05, 0) is 24.3 Å². The Hall–Kier alpha value is -2.59. The molecule has 0 fully saturated rings. The minimum atomic E-state index is 0.633. The first kappa shape index (κ1) is 13.4. The minimum absolute atomic E-state index is 0.633. The molecular weight excluding hydrogens is 286 g/mol. The predicted molar refractivity (Wildman–Crippen MR) is 83.4 cm³/mol. The smallest absolute Gasteiger partial charge is 0.102 e. The predicted octanol–water partition coefficient (Wildman–Crippen LogP) is 4.00. The normalized spacial score (nSPS) is 11.1. The van der Waals surface area contributed by atoms with E-state index in [0.717, 1.165) is 11.3 Å². The number of rotatable bonds is 3. The summed E-state index contributed by atoms with van der Waals surface area (Å²) in [6.45, 7) is 0. The van der Waals surface area contributed by atoms with E-state index < -0.39 is 0 Å². The first-order chi connectivity index (χ1) is 10.3. The van der Waals surface area contributed by atoms with Gasteiger partial charge in [-0.3, -0.25) is 0 Å². The molecule has 3 rings (SSSR count). The van der Waals surface area contributed by atoms with Crippen LogP contribution in [-0.2, 0) is 0 Å². The van der Waals surface area contributed by atoms with Crippen molar-refractivity contribution < 1.29 is 5.21 Å². The summed E-state index contributed by atoms with van der Waals surface area (Å²) in [6.07, 6.45) is 3.17. The van der Waals surface area contributed by atoms with Crippen molar-refractivity contribution >= 4 is 17.8 Å². The van der Waals surface area contributed by atoms with Gasteiger partial charge in [-0.15, -0.1) is 0 Å². The molecule has 0 aliphatic heterocycles. The summed E-state index contributed by atoms with van der Waals surface area (Å²) in [4.78, 5) is 0. The molecule has 0 bridgehead atoms. The molecule has 0 aliphatic rings. The van der Waals surface area contributed by atoms with E-state index in [1.807, 2.05) is 54.7 Å². The minimum Gasteiger partial charge on any atom is -0.411 e. The fourth-order valence-electron chi connectivity index (χ4n) is 2.12. The third-order valence-electron chi connectivity index (χ3n) is 3.06. The van der Waals surface area contributed by atoms with Crippen LogP contribution >= 0.6 is 11.6 Å². The molecule has 0 amide bonds. The van der Waals surface area contributed by atoms with E-state index in [9.17, 15) is 0 Å². The average Bonchev–Trinajstić information content (AvgIpc) is 2.93. The number of hydrogen-bond donors (Lipinski definition) is 1. The van der Waals surface area contributed by atoms with Gasteiger partial charge in [-0.25, -0.2) is 4.68 Å². The van der Waals surface area contributed by atoms with Crippen LogP contribution in [-0.4, -0.2) is 21.2 Å². The lowest BCUT2D eigenvalue weighted by Crippen LogP contribution is -1.93. The second-order valence-electron chi connectivity index (χ2n) is 4.47. The summed E-state index contributed by atoms with van der Waals surface area (Å²) < 4.78 is 1.74. The van der Waals surface area contributed by atoms with Gasteiger partial charge in [0.25, 0.3) is 0 Å². The molecule has 0 saturated carbocycles. The molecule has 1 aromatic heterocycles. The summed E-state index contributed by atoms with van der Waals surface area (Å²) >= 11 is 6.03. The third kappa shape index (κ3) is 2.80. The molecular formula is C16H12ClN3O. The first-order valence-corrected chi connectivity index (χ1v) is 6.74. The molecule has 3 aromatic rings. The molecule has 0 atom stereocenters. The molecule has 104 valence electrons. The van der Waals surface area contributed by atoms with Gasteiger partial charge in [0.1, 0.15) is 5.69 Å². The van der Waals surface area contributed by atoms with Crippen molar-refractivity contribution in [2.24, 2.45) is 5.16 Å². The van der Waals surface area contributed by atoms with Crippen molar-refractivity contribution in [2.75, 3.05) is 0 Å². The average molecular weight is 298 g/mol. The molecule has 5 heteroatoms. The van der Waals surface area contributed by atoms with E-state index in [4.69, 9.17) is 16.8 Å². The Bertz CT molecular complexity index is 781. The molecule has 0 aliphatic carbocycles. The summed E-state index contributed by atoms with van der Waals surface area (Å²) in [5.41, 5.74) is 3.22. The zero-order chi connectivity index (χ0) is 14.7. The summed E-state index contributed by atoms with van der Waals surface area (Å²) in [5.74, 6) is 0. The van der Waals surface area contributed by atoms with E-state index >= 15 is 0 Å². The van der Waals surface area contributed by atoms with Crippen LogP contribution in [0, 0.1) is 0 Å². The highest BCUT2D eigenvalue weighted by molar-refractivity contribution is 6.30. The van der Waals surface area contributed by atoms with Gasteiger partial charge in [-0.1, -0.05) is 47.1 Å². The van der Waals surface area contributed by atoms with Crippen LogP contribution in [0.25, 0.3) is 16.9 Å². The lowest BCUT2D eigenvalue weighted by molar-refractivity contribution is 0.322. The van der Waals surface area contributed by atoms with Crippen LogP contribution in [0.4, 0.5) is 0 Å². The highest BCUT2D eigenvalue weighted by atomic mass is 35.5. The fourth-order valence-corrected chi connectivity index (χ4v) is 2.31. The molecule has 0 spiro atoms. The Morgan fingerprint density at radius 3 is 2.62 bits per heavy atom. The lowest BCUT2D eigenvalue weighted by Gasteiger charge is -2.00. The molecule has 1 N–H and O–H groups in total. The van der Waals surface area contributed by atoms with Gasteiger partial charge < -0.3 is 5.21 Å². The van der Waals surface area contributed by atoms with E-state index in [1.165, 1.54) is 6.21 Å². The third-order valence-corrected chi connectivity index (χ3v) is 3.29. The molecule has 0 unspecified atom stereocenters. The van der Waals surface area contributed by atoms with Gasteiger partial charge in [-0.2, -0.15) is 5.10 Å². The van der Waals surface area contributed by atoms with Crippen LogP contribution in [0.15, 0.2) is 65.9 Å². The quantitative estimate of drug-likeness (QED) is 0.451. The summed E-state index contributed by atoms with van der Waals surface area (Å²) in [7, 11) is 0. The van der Waals surface area contributed by atoms with Crippen molar-refractivity contribution in [3.8, 4) is 16.9 Å². The van der Waals surface area contributed by atoms with Gasteiger partial charge in [0.2, 0.25) is 0 Å². The zero-order valence-electron chi connectivity index (χ0n) is 11.0. The first-order valence-electron chi connectivity index (χ1n) is 6.36. The zero-order valence-corrected chi connectivity index (χ0v) is 11.8. The fraction of sp³-hybridized carbons (Fsp3) is 0. The number of benzene rings is 2. The summed E-state index contributed by atoms with van der Waals surface area (Å²) in [5, 5.41) is 17.1. The van der Waals surface area contributed by atoms with E-state index in [-0.39, 0.29) is 0 Å². The van der Waals surface area contributed by atoms with Crippen molar-refractivity contribution in [1.82, 2.24) is 9.78 Å². The highest BCUT2D eigenvalue weighted by Gasteiger charge is 2.11. The van der Waals surface area contributed by atoms with Gasteiger partial charge in [0.05, 0.1) is 11.9 Å². The second-order valence-corrected chi connectivity index (χ2v) is 4.90. The molecule has 0 saturated heterocycles. The van der Waals surface area contributed by atoms with Gasteiger partial charge >= 0.3 is 0 Å². The number of aromatic nitrogens is 2. The number of halogens is 1. The van der Waals surface area contributed by atoms with Crippen LogP contribution in [0.2, 0.25) is 5.02 Å². The molecule has 1 heterocycles. The SMILES string of the molecule is ON=Cc1cn(-c2ccccc2)nc1-c1cccc(Cl)c1. The van der Waals surface area contributed by atoms with Crippen molar-refractivity contribution in [3.63, 3.8) is 0 Å². The van der Waals surface area contributed by atoms with E-state index in [2.05, 4.69) is 10.3 Å².